The Morgan fingerprint density at radius 2 is 2.10 bits per heavy atom. The van der Waals surface area contributed by atoms with Crippen molar-refractivity contribution in [2.24, 2.45) is 10.9 Å². The lowest BCUT2D eigenvalue weighted by Gasteiger charge is -2.34. The highest BCUT2D eigenvalue weighted by atomic mass is 32.2. The Morgan fingerprint density at radius 3 is 2.77 bits per heavy atom. The third-order valence-corrected chi connectivity index (χ3v) is 6.03. The number of carbonyl (C=O) groups is 1. The van der Waals surface area contributed by atoms with E-state index in [1.54, 1.807) is 39.1 Å². The number of nitrogens with two attached hydrogens (primary N) is 1. The van der Waals surface area contributed by atoms with Gasteiger partial charge in [0.15, 0.2) is 11.0 Å². The van der Waals surface area contributed by atoms with E-state index < -0.39 is 23.1 Å². The second-order valence-corrected chi connectivity index (χ2v) is 9.54. The predicted octanol–water partition coefficient (Wildman–Crippen LogP) is 2.55. The second-order valence-electron chi connectivity index (χ2n) is 8.53. The van der Waals surface area contributed by atoms with Gasteiger partial charge in [-0.1, -0.05) is 11.8 Å². The van der Waals surface area contributed by atoms with E-state index >= 15 is 0 Å². The summed E-state index contributed by atoms with van der Waals surface area (Å²) in [6.07, 6.45) is 3.36. The highest BCUT2D eigenvalue weighted by Gasteiger charge is 2.52. The fourth-order valence-electron chi connectivity index (χ4n) is 3.72. The molecule has 2 aromatic rings. The van der Waals surface area contributed by atoms with E-state index in [9.17, 15) is 9.18 Å². The van der Waals surface area contributed by atoms with Gasteiger partial charge in [-0.05, 0) is 32.9 Å². The highest BCUT2D eigenvalue weighted by molar-refractivity contribution is 8.13. The maximum absolute atomic E-state index is 13.3. The molecule has 3 N–H and O–H groups in total. The fourth-order valence-corrected chi connectivity index (χ4v) is 4.84. The zero-order chi connectivity index (χ0) is 22.2. The SMILES string of the molecule is CC(C)(C)OC(=O)NC1=N[C@@]2(c3cc(N)ccn3)CN(c3ncc(F)cn3)C[C@H]2CS1. The fraction of sp³-hybridized carbons (Fsp3) is 0.450. The summed E-state index contributed by atoms with van der Waals surface area (Å²) in [5.74, 6) is 0.665. The monoisotopic (exact) mass is 445 g/mol. The number of rotatable bonds is 2. The van der Waals surface area contributed by atoms with Crippen molar-refractivity contribution >= 4 is 34.7 Å². The van der Waals surface area contributed by atoms with Crippen LogP contribution >= 0.6 is 11.8 Å². The zero-order valence-electron chi connectivity index (χ0n) is 17.5. The second kappa shape index (κ2) is 7.95. The predicted molar refractivity (Wildman–Crippen MR) is 117 cm³/mol. The summed E-state index contributed by atoms with van der Waals surface area (Å²) in [6, 6.07) is 3.51. The van der Waals surface area contributed by atoms with Crippen molar-refractivity contribution in [3.63, 3.8) is 0 Å². The largest absolute Gasteiger partial charge is 0.444 e. The lowest BCUT2D eigenvalue weighted by atomic mass is 9.85. The molecule has 1 fully saturated rings. The summed E-state index contributed by atoms with van der Waals surface area (Å²) in [7, 11) is 0. The van der Waals surface area contributed by atoms with Crippen LogP contribution in [0.15, 0.2) is 35.7 Å². The van der Waals surface area contributed by atoms with Crippen LogP contribution in [0.4, 0.5) is 20.8 Å². The molecule has 4 heterocycles. The molecule has 0 saturated carbocycles. The van der Waals surface area contributed by atoms with Gasteiger partial charge in [0.25, 0.3) is 0 Å². The van der Waals surface area contributed by atoms with Gasteiger partial charge in [0, 0.05) is 30.1 Å². The van der Waals surface area contributed by atoms with E-state index in [0.29, 0.717) is 41.3 Å². The summed E-state index contributed by atoms with van der Waals surface area (Å²) in [5, 5.41) is 3.21. The number of amidine groups is 1. The van der Waals surface area contributed by atoms with Crippen LogP contribution in [0.5, 0.6) is 0 Å². The average molecular weight is 446 g/mol. The minimum absolute atomic E-state index is 0.0599. The zero-order valence-corrected chi connectivity index (χ0v) is 18.3. The number of alkyl carbamates (subject to hydrolysis) is 1. The number of thioether (sulfide) groups is 1. The summed E-state index contributed by atoms with van der Waals surface area (Å²) < 4.78 is 18.7. The molecule has 2 aliphatic rings. The number of ether oxygens (including phenoxy) is 1. The van der Waals surface area contributed by atoms with Crippen molar-refractivity contribution in [3.8, 4) is 0 Å². The Morgan fingerprint density at radius 1 is 1.35 bits per heavy atom. The molecule has 0 radical (unpaired) electrons. The first kappa shape index (κ1) is 21.3. The van der Waals surface area contributed by atoms with Crippen molar-refractivity contribution in [1.82, 2.24) is 20.3 Å². The number of nitrogens with zero attached hydrogens (tertiary/aromatic N) is 5. The van der Waals surface area contributed by atoms with Crippen LogP contribution in [-0.4, -0.2) is 50.7 Å². The Kier molecular flexibility index (Phi) is 5.46. The van der Waals surface area contributed by atoms with Crippen LogP contribution < -0.4 is 16.0 Å². The van der Waals surface area contributed by atoms with Crippen molar-refractivity contribution in [3.05, 3.63) is 42.2 Å². The molecule has 2 atom stereocenters. The van der Waals surface area contributed by atoms with Crippen LogP contribution in [0.3, 0.4) is 0 Å². The molecule has 0 unspecified atom stereocenters. The summed E-state index contributed by atoms with van der Waals surface area (Å²) in [6.45, 7) is 6.43. The van der Waals surface area contributed by atoms with Gasteiger partial charge < -0.3 is 15.4 Å². The summed E-state index contributed by atoms with van der Waals surface area (Å²) in [4.78, 5) is 32.0. The van der Waals surface area contributed by atoms with Crippen LogP contribution in [0, 0.1) is 11.7 Å². The van der Waals surface area contributed by atoms with Crippen LogP contribution in [0.25, 0.3) is 0 Å². The Hall–Kier alpha value is -2.95. The molecule has 0 aliphatic carbocycles. The quantitative estimate of drug-likeness (QED) is 0.724. The molecule has 4 rings (SSSR count). The first-order valence-corrected chi connectivity index (χ1v) is 10.8. The topological polar surface area (TPSA) is 119 Å². The molecular weight excluding hydrogens is 421 g/mol. The molecule has 0 aromatic carbocycles. The third-order valence-electron chi connectivity index (χ3n) is 5.00. The average Bonchev–Trinajstić information content (AvgIpc) is 3.07. The Labute approximate surface area is 183 Å². The number of nitrogens with one attached hydrogen (secondary N) is 1. The van der Waals surface area contributed by atoms with E-state index in [1.165, 1.54) is 11.8 Å². The molecule has 1 saturated heterocycles. The minimum atomic E-state index is -0.761. The smallest absolute Gasteiger partial charge is 0.413 e. The maximum Gasteiger partial charge on any atom is 0.413 e. The normalized spacial score (nSPS) is 23.2. The summed E-state index contributed by atoms with van der Waals surface area (Å²) in [5.41, 5.74) is 5.92. The van der Waals surface area contributed by atoms with Crippen LogP contribution in [0.1, 0.15) is 26.5 Å². The summed E-state index contributed by atoms with van der Waals surface area (Å²) >= 11 is 1.44. The highest BCUT2D eigenvalue weighted by Crippen LogP contribution is 2.45. The lowest BCUT2D eigenvalue weighted by molar-refractivity contribution is 0.0564. The molecule has 1 amide bonds. The molecule has 31 heavy (non-hydrogen) atoms. The Bertz CT molecular complexity index is 1010. The van der Waals surface area contributed by atoms with E-state index in [1.807, 2.05) is 4.90 Å². The van der Waals surface area contributed by atoms with Gasteiger partial charge in [0.1, 0.15) is 11.1 Å². The molecule has 0 spiro atoms. The van der Waals surface area contributed by atoms with Crippen molar-refractivity contribution in [2.45, 2.75) is 31.9 Å². The number of anilines is 2. The van der Waals surface area contributed by atoms with Gasteiger partial charge in [-0.15, -0.1) is 0 Å². The van der Waals surface area contributed by atoms with Crippen LogP contribution in [0.2, 0.25) is 0 Å². The first-order valence-electron chi connectivity index (χ1n) is 9.82. The number of fused-ring (bicyclic) bond motifs is 1. The van der Waals surface area contributed by atoms with Crippen molar-refractivity contribution in [2.75, 3.05) is 29.5 Å². The number of amides is 1. The molecule has 11 heteroatoms. The number of halogens is 1. The number of hydrogen-bond donors (Lipinski definition) is 2. The van der Waals surface area contributed by atoms with Gasteiger partial charge in [0.05, 0.1) is 24.6 Å². The van der Waals surface area contributed by atoms with Gasteiger partial charge in [-0.3, -0.25) is 10.3 Å². The van der Waals surface area contributed by atoms with E-state index in [2.05, 4.69) is 20.3 Å². The maximum atomic E-state index is 13.3. The number of carbonyl (C=O) groups excluding carboxylic acids is 1. The van der Waals surface area contributed by atoms with Gasteiger partial charge >= 0.3 is 6.09 Å². The van der Waals surface area contributed by atoms with E-state index in [4.69, 9.17) is 15.5 Å². The van der Waals surface area contributed by atoms with Gasteiger partial charge in [-0.25, -0.2) is 24.1 Å². The molecular formula is C20H24FN7O2S. The van der Waals surface area contributed by atoms with Gasteiger partial charge in [0.2, 0.25) is 5.95 Å². The third kappa shape index (κ3) is 4.55. The molecule has 2 aliphatic heterocycles. The number of aliphatic imine (C=N–C) groups is 1. The number of hydrogen-bond acceptors (Lipinski definition) is 9. The van der Waals surface area contributed by atoms with E-state index in [-0.39, 0.29) is 5.92 Å². The lowest BCUT2D eigenvalue weighted by Crippen LogP contribution is -2.44. The molecule has 2 aromatic heterocycles. The number of aromatic nitrogens is 3. The minimum Gasteiger partial charge on any atom is -0.444 e. The number of pyridine rings is 1. The van der Waals surface area contributed by atoms with Crippen LogP contribution in [-0.2, 0) is 10.3 Å². The molecule has 0 bridgehead atoms. The molecule has 164 valence electrons. The number of nitrogen functional groups attached to an aromatic ring is 1. The van der Waals surface area contributed by atoms with Crippen molar-refractivity contribution < 1.29 is 13.9 Å². The Balaban J connectivity index is 1.68. The van der Waals surface area contributed by atoms with Crippen molar-refractivity contribution in [1.29, 1.82) is 0 Å². The first-order chi connectivity index (χ1) is 14.6. The van der Waals surface area contributed by atoms with E-state index in [0.717, 1.165) is 12.4 Å². The molecule has 9 nitrogen and oxygen atoms in total. The standard InChI is InChI=1S/C20H24FN7O2S/c1-19(2,3)30-18(29)26-17-27-20(15-6-14(22)4-5-23-15)11-28(9-12(20)10-31-17)16-24-7-13(21)8-25-16/h4-8,12H,9-11H2,1-3H3,(H2,22,23)(H,26,27,29)/t12-,20-/m0/s1. The van der Waals surface area contributed by atoms with Gasteiger partial charge in [-0.2, -0.15) is 0 Å².